The minimum atomic E-state index is -2.16. The number of pyridine rings is 1. The van der Waals surface area contributed by atoms with E-state index >= 15 is 0 Å². The second-order valence-corrected chi connectivity index (χ2v) is 11.8. The predicted octanol–water partition coefficient (Wildman–Crippen LogP) is 3.76. The number of aliphatic carboxylic acids is 1. The summed E-state index contributed by atoms with van der Waals surface area (Å²) < 4.78 is 16.1. The number of aromatic nitrogens is 1. The van der Waals surface area contributed by atoms with Crippen LogP contribution in [0.1, 0.15) is 80.8 Å². The largest absolute Gasteiger partial charge is 0.506 e. The summed E-state index contributed by atoms with van der Waals surface area (Å²) in [7, 11) is 0. The molecule has 0 aliphatic rings. The van der Waals surface area contributed by atoms with Crippen LogP contribution in [0.4, 0.5) is 4.79 Å². The van der Waals surface area contributed by atoms with Crippen molar-refractivity contribution in [2.45, 2.75) is 104 Å². The maximum atomic E-state index is 13.3. The minimum Gasteiger partial charge on any atom is -0.506 e. The molecule has 0 aromatic carbocycles. The van der Waals surface area contributed by atoms with Gasteiger partial charge in [0.2, 0.25) is 0 Å². The van der Waals surface area contributed by atoms with Crippen molar-refractivity contribution in [1.29, 1.82) is 0 Å². The van der Waals surface area contributed by atoms with E-state index in [0.717, 1.165) is 6.20 Å². The van der Waals surface area contributed by atoms with Gasteiger partial charge < -0.3 is 29.7 Å². The zero-order valence-corrected chi connectivity index (χ0v) is 23.1. The summed E-state index contributed by atoms with van der Waals surface area (Å²) >= 11 is 0. The molecule has 1 rings (SSSR count). The minimum absolute atomic E-state index is 0.131. The zero-order chi connectivity index (χ0) is 28.8. The average Bonchev–Trinajstić information content (AvgIpc) is 2.67. The van der Waals surface area contributed by atoms with Gasteiger partial charge >= 0.3 is 24.0 Å². The lowest BCUT2D eigenvalue weighted by molar-refractivity contribution is -0.178. The van der Waals surface area contributed by atoms with Crippen LogP contribution in [0.5, 0.6) is 5.75 Å². The van der Waals surface area contributed by atoms with Crippen LogP contribution in [-0.2, 0) is 35.0 Å². The fourth-order valence-electron chi connectivity index (χ4n) is 3.20. The van der Waals surface area contributed by atoms with Crippen LogP contribution in [0.25, 0.3) is 0 Å². The van der Waals surface area contributed by atoms with Crippen LogP contribution >= 0.6 is 0 Å². The molecule has 0 aliphatic carbocycles. The number of hydrogen-bond donors (Lipinski definition) is 3. The number of nitrogens with zero attached hydrogens (tertiary/aromatic N) is 1. The zero-order valence-electron chi connectivity index (χ0n) is 23.1. The second kappa shape index (κ2) is 11.8. The number of alkyl carbamates (subject to hydrolysis) is 1. The molecule has 0 spiro atoms. The van der Waals surface area contributed by atoms with E-state index in [4.69, 9.17) is 14.2 Å². The molecule has 0 radical (unpaired) electrons. The predicted molar refractivity (Wildman–Crippen MR) is 134 cm³/mol. The fourth-order valence-corrected chi connectivity index (χ4v) is 3.20. The number of ether oxygens (including phenoxy) is 3. The number of amides is 1. The van der Waals surface area contributed by atoms with Crippen LogP contribution in [0, 0.1) is 5.41 Å². The standard InChI is InChI=1S/C26H40N2O9/c1-23(2,3)35-19(30)18(28-22(34)37-25(7,8)9)12-13-26(20(31)32,21(33)36-24(4,5)6)14-16-10-11-17(29)15-27-16/h10-11,15,18,29H,12-14H2,1-9H3,(H,28,34)(H,31,32)/t18-,26?/m0/s1. The number of carboxylic acid groups (broad SMARTS) is 1. The van der Waals surface area contributed by atoms with Crippen molar-refractivity contribution < 1.29 is 43.6 Å². The fraction of sp³-hybridized carbons (Fsp3) is 0.654. The van der Waals surface area contributed by atoms with Crippen LogP contribution in [-0.4, -0.2) is 62.0 Å². The lowest BCUT2D eigenvalue weighted by Gasteiger charge is -2.32. The van der Waals surface area contributed by atoms with Gasteiger partial charge in [-0.25, -0.2) is 9.59 Å². The number of nitrogens with one attached hydrogen (secondary N) is 1. The maximum Gasteiger partial charge on any atom is 0.408 e. The summed E-state index contributed by atoms with van der Waals surface area (Å²) in [5.74, 6) is -3.46. The van der Waals surface area contributed by atoms with E-state index in [0.29, 0.717) is 0 Å². The van der Waals surface area contributed by atoms with Gasteiger partial charge in [-0.15, -0.1) is 0 Å². The van der Waals surface area contributed by atoms with Crippen molar-refractivity contribution in [3.05, 3.63) is 24.0 Å². The third kappa shape index (κ3) is 11.1. The molecule has 0 saturated carbocycles. The number of carboxylic acids is 1. The number of rotatable bonds is 9. The first-order valence-electron chi connectivity index (χ1n) is 12.0. The number of aromatic hydroxyl groups is 1. The summed E-state index contributed by atoms with van der Waals surface area (Å²) in [5, 5.41) is 22.3. The van der Waals surface area contributed by atoms with E-state index in [1.165, 1.54) is 12.1 Å². The van der Waals surface area contributed by atoms with Gasteiger partial charge in [-0.1, -0.05) is 0 Å². The third-order valence-electron chi connectivity index (χ3n) is 4.73. The molecule has 11 nitrogen and oxygen atoms in total. The molecule has 0 saturated heterocycles. The molecule has 2 atom stereocenters. The van der Waals surface area contributed by atoms with Crippen LogP contribution in [0.3, 0.4) is 0 Å². The molecule has 1 amide bonds. The molecule has 37 heavy (non-hydrogen) atoms. The summed E-state index contributed by atoms with van der Waals surface area (Å²) in [4.78, 5) is 55.4. The molecule has 1 aromatic heterocycles. The smallest absolute Gasteiger partial charge is 0.408 e. The lowest BCUT2D eigenvalue weighted by Crippen LogP contribution is -2.49. The normalized spacial score (nSPS) is 14.6. The Kier molecular flexibility index (Phi) is 10.1. The molecule has 0 bridgehead atoms. The molecule has 11 heteroatoms. The van der Waals surface area contributed by atoms with E-state index in [-0.39, 0.29) is 24.3 Å². The highest BCUT2D eigenvalue weighted by molar-refractivity contribution is 5.99. The highest BCUT2D eigenvalue weighted by Crippen LogP contribution is 2.34. The van der Waals surface area contributed by atoms with E-state index in [1.54, 1.807) is 62.3 Å². The monoisotopic (exact) mass is 524 g/mol. The van der Waals surface area contributed by atoms with Gasteiger partial charge in [0.1, 0.15) is 28.6 Å². The Morgan fingerprint density at radius 2 is 1.43 bits per heavy atom. The number of carbonyl (C=O) groups is 4. The second-order valence-electron chi connectivity index (χ2n) is 11.8. The molecule has 0 fully saturated rings. The third-order valence-corrected chi connectivity index (χ3v) is 4.73. The number of hydrogen-bond acceptors (Lipinski definition) is 9. The van der Waals surface area contributed by atoms with Crippen molar-refractivity contribution in [1.82, 2.24) is 10.3 Å². The number of esters is 2. The van der Waals surface area contributed by atoms with Gasteiger partial charge in [0.05, 0.1) is 6.20 Å². The average molecular weight is 525 g/mol. The molecule has 1 aromatic rings. The van der Waals surface area contributed by atoms with E-state index in [2.05, 4.69) is 10.3 Å². The van der Waals surface area contributed by atoms with Crippen molar-refractivity contribution >= 4 is 24.0 Å². The highest BCUT2D eigenvalue weighted by Gasteiger charge is 2.50. The summed E-state index contributed by atoms with van der Waals surface area (Å²) in [6.07, 6.45) is -0.839. The van der Waals surface area contributed by atoms with Gasteiger partial charge in [0.15, 0.2) is 5.41 Å². The summed E-state index contributed by atoms with van der Waals surface area (Å²) in [5.41, 5.74) is -4.70. The molecule has 0 aliphatic heterocycles. The highest BCUT2D eigenvalue weighted by atomic mass is 16.6. The van der Waals surface area contributed by atoms with Crippen molar-refractivity contribution in [3.63, 3.8) is 0 Å². The maximum absolute atomic E-state index is 13.3. The topological polar surface area (TPSA) is 161 Å². The SMILES string of the molecule is CC(C)(C)OC(=O)N[C@@H](CCC(Cc1ccc(O)cn1)(C(=O)O)C(=O)OC(C)(C)C)C(=O)OC(C)(C)C. The Morgan fingerprint density at radius 1 is 0.892 bits per heavy atom. The Hall–Kier alpha value is -3.37. The first-order valence-corrected chi connectivity index (χ1v) is 12.0. The van der Waals surface area contributed by atoms with Gasteiger partial charge in [-0.05, 0) is 87.3 Å². The Labute approximate surface area is 217 Å². The van der Waals surface area contributed by atoms with E-state index in [1.807, 2.05) is 0 Å². The first-order chi connectivity index (χ1) is 16.6. The van der Waals surface area contributed by atoms with Crippen LogP contribution in [0.15, 0.2) is 18.3 Å². The molecule has 1 unspecified atom stereocenters. The first kappa shape index (κ1) is 31.7. The molecule has 1 heterocycles. The van der Waals surface area contributed by atoms with Gasteiger partial charge in [-0.2, -0.15) is 0 Å². The van der Waals surface area contributed by atoms with Crippen molar-refractivity contribution in [3.8, 4) is 5.75 Å². The Morgan fingerprint density at radius 3 is 1.86 bits per heavy atom. The van der Waals surface area contributed by atoms with Crippen molar-refractivity contribution in [2.24, 2.45) is 5.41 Å². The molecule has 3 N–H and O–H groups in total. The van der Waals surface area contributed by atoms with Crippen LogP contribution < -0.4 is 5.32 Å². The van der Waals surface area contributed by atoms with E-state index in [9.17, 15) is 29.4 Å². The summed E-state index contributed by atoms with van der Waals surface area (Å²) in [6, 6.07) is 1.39. The van der Waals surface area contributed by atoms with E-state index < -0.39 is 58.7 Å². The lowest BCUT2D eigenvalue weighted by atomic mass is 9.77. The van der Waals surface area contributed by atoms with Gasteiger partial charge in [0, 0.05) is 12.1 Å². The van der Waals surface area contributed by atoms with Crippen LogP contribution in [0.2, 0.25) is 0 Å². The Balaban J connectivity index is 3.41. The Bertz CT molecular complexity index is 970. The summed E-state index contributed by atoms with van der Waals surface area (Å²) in [6.45, 7) is 14.7. The van der Waals surface area contributed by atoms with Gasteiger partial charge in [-0.3, -0.25) is 14.6 Å². The molecular formula is C26H40N2O9. The number of carbonyl (C=O) groups excluding carboxylic acids is 3. The van der Waals surface area contributed by atoms with Crippen molar-refractivity contribution in [2.75, 3.05) is 0 Å². The quantitative estimate of drug-likeness (QED) is 0.246. The molecule has 208 valence electrons. The molecular weight excluding hydrogens is 484 g/mol. The van der Waals surface area contributed by atoms with Gasteiger partial charge in [0.25, 0.3) is 0 Å².